The maximum absolute atomic E-state index is 12.3. The quantitative estimate of drug-likeness (QED) is 0.811. The number of fused-ring (bicyclic) bond motifs is 3. The average molecular weight is 388 g/mol. The molecule has 1 N–H and O–H groups in total. The molecule has 0 saturated carbocycles. The van der Waals surface area contributed by atoms with E-state index in [-0.39, 0.29) is 17.6 Å². The first-order chi connectivity index (χ1) is 13.1. The lowest BCUT2D eigenvalue weighted by Crippen LogP contribution is -2.41. The molecular weight excluding hydrogens is 364 g/mol. The van der Waals surface area contributed by atoms with Crippen LogP contribution in [0.15, 0.2) is 23.0 Å². The van der Waals surface area contributed by atoms with E-state index in [1.165, 1.54) is 12.7 Å². The largest absolute Gasteiger partial charge is 0.490 e. The second-order valence-corrected chi connectivity index (χ2v) is 8.20. The molecule has 4 rings (SSSR count). The third kappa shape index (κ3) is 3.99. The van der Waals surface area contributed by atoms with E-state index in [0.29, 0.717) is 6.54 Å². The van der Waals surface area contributed by atoms with Crippen LogP contribution in [0.4, 0.5) is 0 Å². The van der Waals surface area contributed by atoms with Crippen LogP contribution < -0.4 is 10.3 Å². The Morgan fingerprint density at radius 2 is 2.11 bits per heavy atom. The number of H-pyrrole nitrogens is 1. The van der Waals surface area contributed by atoms with Crippen LogP contribution in [0.5, 0.6) is 5.75 Å². The van der Waals surface area contributed by atoms with Crippen molar-refractivity contribution >= 4 is 28.6 Å². The monoisotopic (exact) mass is 388 g/mol. The highest BCUT2D eigenvalue weighted by Crippen LogP contribution is 2.30. The summed E-state index contributed by atoms with van der Waals surface area (Å²) < 4.78 is 11.0. The van der Waals surface area contributed by atoms with E-state index < -0.39 is 0 Å². The number of methoxy groups -OCH3 is 1. The van der Waals surface area contributed by atoms with Crippen molar-refractivity contribution in [3.8, 4) is 5.75 Å². The summed E-state index contributed by atoms with van der Waals surface area (Å²) in [6.07, 6.45) is 2.84. The number of aromatic nitrogens is 1. The fraction of sp³-hybridized carbons (Fsp3) is 0.500. The molecule has 1 saturated heterocycles. The van der Waals surface area contributed by atoms with Gasteiger partial charge in [-0.2, -0.15) is 11.8 Å². The number of ether oxygens (including phenoxy) is 2. The Morgan fingerprint density at radius 3 is 2.89 bits per heavy atom. The smallest absolute Gasteiger partial charge is 0.319 e. The Balaban J connectivity index is 1.48. The molecule has 0 amide bonds. The van der Waals surface area contributed by atoms with Gasteiger partial charge >= 0.3 is 5.97 Å². The normalized spacial score (nSPS) is 18.3. The summed E-state index contributed by atoms with van der Waals surface area (Å²) in [5.74, 6) is 2.49. The molecule has 0 unspecified atom stereocenters. The molecule has 3 heterocycles. The SMILES string of the molecule is COC(=O)CN1CCC(Oc2ccc3[nH]c(=O)c4c(c3c2)CCSC4)CC1. The Hall–Kier alpha value is -1.99. The first kappa shape index (κ1) is 18.4. The average Bonchev–Trinajstić information content (AvgIpc) is 2.70. The zero-order valence-electron chi connectivity index (χ0n) is 15.5. The summed E-state index contributed by atoms with van der Waals surface area (Å²) >= 11 is 1.81. The maximum Gasteiger partial charge on any atom is 0.319 e. The van der Waals surface area contributed by atoms with Gasteiger partial charge in [0, 0.05) is 35.3 Å². The minimum atomic E-state index is -0.194. The van der Waals surface area contributed by atoms with Crippen molar-refractivity contribution in [3.05, 3.63) is 39.7 Å². The first-order valence-corrected chi connectivity index (χ1v) is 10.5. The molecule has 27 heavy (non-hydrogen) atoms. The molecule has 0 atom stereocenters. The molecule has 0 bridgehead atoms. The molecule has 2 aliphatic heterocycles. The Morgan fingerprint density at radius 1 is 1.30 bits per heavy atom. The van der Waals surface area contributed by atoms with Gasteiger partial charge in [0.05, 0.1) is 13.7 Å². The number of rotatable bonds is 4. The number of pyridine rings is 1. The summed E-state index contributed by atoms with van der Waals surface area (Å²) in [6, 6.07) is 5.95. The van der Waals surface area contributed by atoms with E-state index in [1.54, 1.807) is 0 Å². The molecule has 144 valence electrons. The van der Waals surface area contributed by atoms with Crippen LogP contribution in [0.3, 0.4) is 0 Å². The van der Waals surface area contributed by atoms with Crippen LogP contribution in [-0.4, -0.2) is 54.5 Å². The van der Waals surface area contributed by atoms with Gasteiger partial charge in [-0.1, -0.05) is 0 Å². The van der Waals surface area contributed by atoms with Gasteiger partial charge in [0.15, 0.2) is 0 Å². The number of aryl methyl sites for hydroxylation is 1. The van der Waals surface area contributed by atoms with E-state index in [1.807, 2.05) is 23.9 Å². The highest BCUT2D eigenvalue weighted by molar-refractivity contribution is 7.98. The number of carbonyl (C=O) groups excluding carboxylic acids is 1. The van der Waals surface area contributed by atoms with Gasteiger partial charge in [0.1, 0.15) is 11.9 Å². The van der Waals surface area contributed by atoms with Gasteiger partial charge in [0.2, 0.25) is 0 Å². The van der Waals surface area contributed by atoms with Gasteiger partial charge < -0.3 is 14.5 Å². The molecule has 7 heteroatoms. The van der Waals surface area contributed by atoms with Crippen molar-refractivity contribution in [2.75, 3.05) is 32.5 Å². The summed E-state index contributed by atoms with van der Waals surface area (Å²) in [5, 5.41) is 1.10. The number of hydrogen-bond donors (Lipinski definition) is 1. The van der Waals surface area contributed by atoms with Crippen LogP contribution in [0.25, 0.3) is 10.9 Å². The van der Waals surface area contributed by atoms with E-state index >= 15 is 0 Å². The molecule has 2 aromatic rings. The van der Waals surface area contributed by atoms with Crippen LogP contribution >= 0.6 is 11.8 Å². The Bertz CT molecular complexity index is 903. The highest BCUT2D eigenvalue weighted by Gasteiger charge is 2.23. The van der Waals surface area contributed by atoms with Gasteiger partial charge in [-0.25, -0.2) is 0 Å². The number of piperidine rings is 1. The highest BCUT2D eigenvalue weighted by atomic mass is 32.2. The minimum absolute atomic E-state index is 0.0383. The molecule has 6 nitrogen and oxygen atoms in total. The molecule has 1 aromatic heterocycles. The van der Waals surface area contributed by atoms with Crippen molar-refractivity contribution in [2.45, 2.75) is 31.1 Å². The summed E-state index contributed by atoms with van der Waals surface area (Å²) in [6.45, 7) is 2.00. The van der Waals surface area contributed by atoms with Crippen molar-refractivity contribution in [1.29, 1.82) is 0 Å². The van der Waals surface area contributed by atoms with Gasteiger partial charge in [-0.05, 0) is 48.8 Å². The lowest BCUT2D eigenvalue weighted by atomic mass is 10.0. The number of benzene rings is 1. The zero-order valence-corrected chi connectivity index (χ0v) is 16.3. The number of aromatic amines is 1. The lowest BCUT2D eigenvalue weighted by molar-refractivity contribution is -0.142. The summed E-state index contributed by atoms with van der Waals surface area (Å²) in [7, 11) is 1.42. The van der Waals surface area contributed by atoms with Crippen molar-refractivity contribution in [1.82, 2.24) is 9.88 Å². The number of thioether (sulfide) groups is 1. The standard InChI is InChI=1S/C20H24N2O4S/c1-25-19(23)11-22-7-4-13(5-8-22)26-14-2-3-18-16(10-14)15-6-9-27-12-17(15)20(24)21-18/h2-3,10,13H,4-9,11-12H2,1H3,(H,21,24). The molecule has 1 fully saturated rings. The number of hydrogen-bond acceptors (Lipinski definition) is 6. The molecule has 2 aliphatic rings. The fourth-order valence-electron chi connectivity index (χ4n) is 3.86. The second kappa shape index (κ2) is 7.94. The van der Waals surface area contributed by atoms with Gasteiger partial charge in [-0.15, -0.1) is 0 Å². The lowest BCUT2D eigenvalue weighted by Gasteiger charge is -2.31. The predicted molar refractivity (Wildman–Crippen MR) is 107 cm³/mol. The number of likely N-dealkylation sites (tertiary alicyclic amines) is 1. The number of nitrogens with one attached hydrogen (secondary N) is 1. The van der Waals surface area contributed by atoms with Crippen molar-refractivity contribution in [3.63, 3.8) is 0 Å². The topological polar surface area (TPSA) is 71.6 Å². The number of carbonyl (C=O) groups is 1. The Labute approximate surface area is 162 Å². The first-order valence-electron chi connectivity index (χ1n) is 9.35. The zero-order chi connectivity index (χ0) is 18.8. The van der Waals surface area contributed by atoms with E-state index in [4.69, 9.17) is 9.47 Å². The molecule has 1 aromatic carbocycles. The van der Waals surface area contributed by atoms with E-state index in [9.17, 15) is 9.59 Å². The van der Waals surface area contributed by atoms with E-state index in [2.05, 4.69) is 16.0 Å². The maximum atomic E-state index is 12.3. The van der Waals surface area contributed by atoms with Crippen LogP contribution in [0.1, 0.15) is 24.0 Å². The third-order valence-electron chi connectivity index (χ3n) is 5.36. The summed E-state index contributed by atoms with van der Waals surface area (Å²) in [5.41, 5.74) is 3.00. The third-order valence-corrected chi connectivity index (χ3v) is 6.35. The van der Waals surface area contributed by atoms with E-state index in [0.717, 1.165) is 66.1 Å². The minimum Gasteiger partial charge on any atom is -0.490 e. The van der Waals surface area contributed by atoms with Crippen molar-refractivity contribution in [2.24, 2.45) is 0 Å². The second-order valence-electron chi connectivity index (χ2n) is 7.09. The predicted octanol–water partition coefficient (Wildman–Crippen LogP) is 2.33. The number of nitrogens with zero attached hydrogens (tertiary/aromatic N) is 1. The number of esters is 1. The van der Waals surface area contributed by atoms with Gasteiger partial charge in [-0.3, -0.25) is 14.5 Å². The molecule has 0 radical (unpaired) electrons. The summed E-state index contributed by atoms with van der Waals surface area (Å²) in [4.78, 5) is 28.8. The van der Waals surface area contributed by atoms with Crippen LogP contribution in [0, 0.1) is 0 Å². The molecule has 0 spiro atoms. The van der Waals surface area contributed by atoms with Crippen LogP contribution in [-0.2, 0) is 21.7 Å². The van der Waals surface area contributed by atoms with Crippen molar-refractivity contribution < 1.29 is 14.3 Å². The molecular formula is C20H24N2O4S. The Kier molecular flexibility index (Phi) is 5.41. The van der Waals surface area contributed by atoms with Gasteiger partial charge in [0.25, 0.3) is 5.56 Å². The molecule has 0 aliphatic carbocycles. The van der Waals surface area contributed by atoms with Crippen LogP contribution in [0.2, 0.25) is 0 Å². The fourth-order valence-corrected chi connectivity index (χ4v) is 4.87.